The minimum atomic E-state index is 0.535. The van der Waals surface area contributed by atoms with Gasteiger partial charge in [0.15, 0.2) is 0 Å². The Morgan fingerprint density at radius 1 is 1.37 bits per heavy atom. The van der Waals surface area contributed by atoms with Crippen LogP contribution in [0.15, 0.2) is 0 Å². The molecular formula is C17H35NO. The van der Waals surface area contributed by atoms with E-state index in [0.29, 0.717) is 5.41 Å². The van der Waals surface area contributed by atoms with Crippen LogP contribution in [0.1, 0.15) is 59.8 Å². The molecule has 0 aliphatic heterocycles. The molecule has 1 rings (SSSR count). The zero-order valence-electron chi connectivity index (χ0n) is 13.8. The van der Waals surface area contributed by atoms with Crippen LogP contribution in [0.2, 0.25) is 0 Å². The van der Waals surface area contributed by atoms with Crippen LogP contribution in [0.5, 0.6) is 0 Å². The van der Waals surface area contributed by atoms with Gasteiger partial charge in [0.05, 0.1) is 0 Å². The lowest BCUT2D eigenvalue weighted by Crippen LogP contribution is -2.39. The average Bonchev–Trinajstić information content (AvgIpc) is 2.37. The molecule has 0 heterocycles. The summed E-state index contributed by atoms with van der Waals surface area (Å²) in [6.45, 7) is 12.9. The summed E-state index contributed by atoms with van der Waals surface area (Å²) in [7, 11) is 1.82. The monoisotopic (exact) mass is 269 g/mol. The van der Waals surface area contributed by atoms with Gasteiger partial charge >= 0.3 is 0 Å². The van der Waals surface area contributed by atoms with Gasteiger partial charge in [-0.05, 0) is 68.4 Å². The third kappa shape index (κ3) is 5.83. The van der Waals surface area contributed by atoms with E-state index in [-0.39, 0.29) is 0 Å². The van der Waals surface area contributed by atoms with Crippen LogP contribution in [-0.4, -0.2) is 26.8 Å². The standard InChI is InChI=1S/C17H35NO/c1-6-10-18-13-15-7-9-17(3,4)12-16(15)14(2)8-11-19-5/h14-16,18H,6-13H2,1-5H3. The van der Waals surface area contributed by atoms with Gasteiger partial charge in [-0.15, -0.1) is 0 Å². The maximum absolute atomic E-state index is 5.27. The van der Waals surface area contributed by atoms with Crippen molar-refractivity contribution in [3.05, 3.63) is 0 Å². The van der Waals surface area contributed by atoms with Crippen LogP contribution in [0.4, 0.5) is 0 Å². The van der Waals surface area contributed by atoms with E-state index in [1.54, 1.807) is 0 Å². The molecule has 0 radical (unpaired) electrons. The summed E-state index contributed by atoms with van der Waals surface area (Å²) in [5, 5.41) is 3.64. The molecule has 3 atom stereocenters. The Bertz CT molecular complexity index is 239. The first kappa shape index (κ1) is 17.0. The number of ether oxygens (including phenoxy) is 1. The van der Waals surface area contributed by atoms with E-state index in [4.69, 9.17) is 4.74 Å². The number of hydrogen-bond donors (Lipinski definition) is 1. The second kappa shape index (κ2) is 8.26. The van der Waals surface area contributed by atoms with Crippen LogP contribution < -0.4 is 5.32 Å². The highest BCUT2D eigenvalue weighted by molar-refractivity contribution is 4.88. The van der Waals surface area contributed by atoms with Gasteiger partial charge in [-0.3, -0.25) is 0 Å². The summed E-state index contributed by atoms with van der Waals surface area (Å²) in [5.41, 5.74) is 0.535. The maximum Gasteiger partial charge on any atom is 0.0464 e. The average molecular weight is 269 g/mol. The Morgan fingerprint density at radius 2 is 2.11 bits per heavy atom. The van der Waals surface area contributed by atoms with Crippen LogP contribution in [0, 0.1) is 23.2 Å². The van der Waals surface area contributed by atoms with E-state index >= 15 is 0 Å². The fourth-order valence-corrected chi connectivity index (χ4v) is 3.60. The van der Waals surface area contributed by atoms with Gasteiger partial charge in [0, 0.05) is 13.7 Å². The van der Waals surface area contributed by atoms with Gasteiger partial charge in [-0.25, -0.2) is 0 Å². The quantitative estimate of drug-likeness (QED) is 0.670. The van der Waals surface area contributed by atoms with Crippen molar-refractivity contribution in [2.45, 2.75) is 59.8 Å². The summed E-state index contributed by atoms with van der Waals surface area (Å²) in [4.78, 5) is 0. The summed E-state index contributed by atoms with van der Waals surface area (Å²) < 4.78 is 5.27. The zero-order chi connectivity index (χ0) is 14.3. The lowest BCUT2D eigenvalue weighted by atomic mass is 9.63. The van der Waals surface area contributed by atoms with Gasteiger partial charge in [0.2, 0.25) is 0 Å². The van der Waals surface area contributed by atoms with E-state index in [2.05, 4.69) is 33.0 Å². The molecule has 0 amide bonds. The van der Waals surface area contributed by atoms with Crippen LogP contribution >= 0.6 is 0 Å². The number of methoxy groups -OCH3 is 1. The predicted octanol–water partition coefficient (Wildman–Crippen LogP) is 4.10. The molecule has 19 heavy (non-hydrogen) atoms. The van der Waals surface area contributed by atoms with Crippen LogP contribution in [0.25, 0.3) is 0 Å². The summed E-state index contributed by atoms with van der Waals surface area (Å²) in [5.74, 6) is 2.52. The van der Waals surface area contributed by atoms with Crippen molar-refractivity contribution in [1.29, 1.82) is 0 Å². The maximum atomic E-state index is 5.27. The second-order valence-electron chi connectivity index (χ2n) is 7.29. The van der Waals surface area contributed by atoms with Crippen molar-refractivity contribution in [2.75, 3.05) is 26.8 Å². The highest BCUT2D eigenvalue weighted by Crippen LogP contribution is 2.45. The second-order valence-corrected chi connectivity index (χ2v) is 7.29. The Labute approximate surface area is 120 Å². The van der Waals surface area contributed by atoms with Crippen molar-refractivity contribution in [3.63, 3.8) is 0 Å². The van der Waals surface area contributed by atoms with Crippen molar-refractivity contribution in [3.8, 4) is 0 Å². The summed E-state index contributed by atoms with van der Waals surface area (Å²) in [6.07, 6.45) is 6.62. The fourth-order valence-electron chi connectivity index (χ4n) is 3.60. The molecule has 3 unspecified atom stereocenters. The van der Waals surface area contributed by atoms with Crippen LogP contribution in [0.3, 0.4) is 0 Å². The normalized spacial score (nSPS) is 28.3. The largest absolute Gasteiger partial charge is 0.385 e. The first-order valence-corrected chi connectivity index (χ1v) is 8.20. The Morgan fingerprint density at radius 3 is 2.74 bits per heavy atom. The van der Waals surface area contributed by atoms with Crippen molar-refractivity contribution in [1.82, 2.24) is 5.32 Å². The highest BCUT2D eigenvalue weighted by Gasteiger charge is 2.36. The molecule has 2 nitrogen and oxygen atoms in total. The zero-order valence-corrected chi connectivity index (χ0v) is 13.8. The van der Waals surface area contributed by atoms with Gasteiger partial charge in [-0.1, -0.05) is 27.7 Å². The minimum absolute atomic E-state index is 0.535. The Kier molecular flexibility index (Phi) is 7.38. The van der Waals surface area contributed by atoms with Crippen molar-refractivity contribution >= 4 is 0 Å². The summed E-state index contributed by atoms with van der Waals surface area (Å²) >= 11 is 0. The summed E-state index contributed by atoms with van der Waals surface area (Å²) in [6, 6.07) is 0. The van der Waals surface area contributed by atoms with Crippen molar-refractivity contribution < 1.29 is 4.74 Å². The van der Waals surface area contributed by atoms with E-state index in [1.165, 1.54) is 45.2 Å². The van der Waals surface area contributed by atoms with Gasteiger partial charge in [0.25, 0.3) is 0 Å². The molecule has 1 N–H and O–H groups in total. The van der Waals surface area contributed by atoms with Crippen LogP contribution in [-0.2, 0) is 4.74 Å². The third-order valence-corrected chi connectivity index (χ3v) is 4.93. The molecule has 1 aliphatic carbocycles. The molecular weight excluding hydrogens is 234 g/mol. The molecule has 1 saturated carbocycles. The van der Waals surface area contributed by atoms with Crippen molar-refractivity contribution in [2.24, 2.45) is 23.2 Å². The topological polar surface area (TPSA) is 21.3 Å². The van der Waals surface area contributed by atoms with E-state index in [1.807, 2.05) is 7.11 Å². The molecule has 0 spiro atoms. The third-order valence-electron chi connectivity index (χ3n) is 4.93. The molecule has 1 aliphatic rings. The molecule has 0 aromatic heterocycles. The van der Waals surface area contributed by atoms with Gasteiger partial charge in [0.1, 0.15) is 0 Å². The first-order valence-electron chi connectivity index (χ1n) is 8.20. The Hall–Kier alpha value is -0.0800. The molecule has 0 saturated heterocycles. The lowest BCUT2D eigenvalue weighted by molar-refractivity contribution is 0.0632. The van der Waals surface area contributed by atoms with E-state index in [0.717, 1.165) is 24.4 Å². The van der Waals surface area contributed by atoms with Gasteiger partial charge in [-0.2, -0.15) is 0 Å². The number of nitrogens with one attached hydrogen (secondary N) is 1. The lowest BCUT2D eigenvalue weighted by Gasteiger charge is -2.44. The van der Waals surface area contributed by atoms with E-state index < -0.39 is 0 Å². The molecule has 1 fully saturated rings. The van der Waals surface area contributed by atoms with E-state index in [9.17, 15) is 0 Å². The number of rotatable bonds is 8. The predicted molar refractivity (Wildman–Crippen MR) is 83.4 cm³/mol. The molecule has 0 bridgehead atoms. The molecule has 114 valence electrons. The minimum Gasteiger partial charge on any atom is -0.385 e. The Balaban J connectivity index is 2.55. The SMILES string of the molecule is CCCNCC1CCC(C)(C)CC1C(C)CCOC. The molecule has 0 aromatic carbocycles. The fraction of sp³-hybridized carbons (Fsp3) is 1.00. The molecule has 2 heteroatoms. The smallest absolute Gasteiger partial charge is 0.0464 e. The number of hydrogen-bond acceptors (Lipinski definition) is 2. The molecule has 0 aromatic rings. The first-order chi connectivity index (χ1) is 9.00. The van der Waals surface area contributed by atoms with Gasteiger partial charge < -0.3 is 10.1 Å². The highest BCUT2D eigenvalue weighted by atomic mass is 16.5.